The Morgan fingerprint density at radius 3 is 2.47 bits per heavy atom. The highest BCUT2D eigenvalue weighted by molar-refractivity contribution is 6.08. The van der Waals surface area contributed by atoms with Crippen LogP contribution >= 0.6 is 0 Å². The number of carbonyl (C=O) groups is 2. The second kappa shape index (κ2) is 8.90. The van der Waals surface area contributed by atoms with Gasteiger partial charge < -0.3 is 10.6 Å². The van der Waals surface area contributed by atoms with Gasteiger partial charge in [-0.05, 0) is 73.9 Å². The van der Waals surface area contributed by atoms with E-state index in [9.17, 15) is 14.0 Å². The third-order valence-corrected chi connectivity index (χ3v) is 5.73. The lowest BCUT2D eigenvalue weighted by Gasteiger charge is -2.12. The van der Waals surface area contributed by atoms with Crippen molar-refractivity contribution in [2.45, 2.75) is 25.7 Å². The molecule has 4 aromatic rings. The number of benzene rings is 3. The number of amides is 2. The Labute approximate surface area is 195 Å². The second-order valence-electron chi connectivity index (χ2n) is 8.31. The van der Waals surface area contributed by atoms with Gasteiger partial charge in [0.15, 0.2) is 5.82 Å². The Morgan fingerprint density at radius 1 is 0.971 bits per heavy atom. The van der Waals surface area contributed by atoms with Crippen LogP contribution in [0.15, 0.2) is 66.7 Å². The van der Waals surface area contributed by atoms with Gasteiger partial charge in [0.25, 0.3) is 11.8 Å². The molecule has 3 N–H and O–H groups in total. The maximum absolute atomic E-state index is 13.9. The maximum Gasteiger partial charge on any atom is 0.258 e. The molecule has 0 spiro atoms. The molecule has 34 heavy (non-hydrogen) atoms. The van der Waals surface area contributed by atoms with Crippen molar-refractivity contribution in [3.63, 3.8) is 0 Å². The molecule has 0 aliphatic heterocycles. The van der Waals surface area contributed by atoms with Crippen molar-refractivity contribution >= 4 is 23.2 Å². The molecular formula is C26H22FN5O2. The zero-order chi connectivity index (χ0) is 23.7. The first-order valence-corrected chi connectivity index (χ1v) is 11.0. The van der Waals surface area contributed by atoms with Crippen LogP contribution in [0.3, 0.4) is 0 Å². The fourth-order valence-corrected chi connectivity index (χ4v) is 3.58. The molecule has 1 fully saturated rings. The lowest BCUT2D eigenvalue weighted by molar-refractivity contribution is 0.101. The first-order chi connectivity index (χ1) is 16.5. The number of nitrogens with zero attached hydrogens (tertiary/aromatic N) is 2. The zero-order valence-corrected chi connectivity index (χ0v) is 18.4. The van der Waals surface area contributed by atoms with Crippen molar-refractivity contribution in [1.29, 1.82) is 0 Å². The van der Waals surface area contributed by atoms with Crippen LogP contribution in [0.2, 0.25) is 0 Å². The minimum atomic E-state index is -0.608. The SMILES string of the molecule is Cc1ccc(C(=O)Nc2ccc(-c3n[nH]c(C4CC4)n3)cc2)cc1NC(=O)c1ccccc1F. The monoisotopic (exact) mass is 455 g/mol. The Bertz CT molecular complexity index is 1380. The summed E-state index contributed by atoms with van der Waals surface area (Å²) >= 11 is 0. The molecule has 5 rings (SSSR count). The van der Waals surface area contributed by atoms with Gasteiger partial charge in [0, 0.05) is 28.4 Å². The molecular weight excluding hydrogens is 433 g/mol. The number of halogens is 1. The lowest BCUT2D eigenvalue weighted by atomic mass is 10.1. The van der Waals surface area contributed by atoms with Gasteiger partial charge in [0.1, 0.15) is 11.6 Å². The van der Waals surface area contributed by atoms with E-state index in [4.69, 9.17) is 0 Å². The van der Waals surface area contributed by atoms with Crippen LogP contribution < -0.4 is 10.6 Å². The van der Waals surface area contributed by atoms with Crippen molar-refractivity contribution in [2.75, 3.05) is 10.6 Å². The average Bonchev–Trinajstić information content (AvgIpc) is 3.57. The number of aryl methyl sites for hydroxylation is 1. The fourth-order valence-electron chi connectivity index (χ4n) is 3.58. The smallest absolute Gasteiger partial charge is 0.258 e. The Kier molecular flexibility index (Phi) is 5.63. The van der Waals surface area contributed by atoms with E-state index in [1.165, 1.54) is 18.2 Å². The van der Waals surface area contributed by atoms with E-state index >= 15 is 0 Å². The summed E-state index contributed by atoms with van der Waals surface area (Å²) in [6.45, 7) is 1.80. The molecule has 1 saturated carbocycles. The summed E-state index contributed by atoms with van der Waals surface area (Å²) in [5.74, 6) is 0.534. The molecule has 1 aliphatic carbocycles. The van der Waals surface area contributed by atoms with Crippen LogP contribution in [0.1, 0.15) is 50.9 Å². The minimum Gasteiger partial charge on any atom is -0.322 e. The summed E-state index contributed by atoms with van der Waals surface area (Å²) < 4.78 is 13.9. The van der Waals surface area contributed by atoms with Crippen LogP contribution in [-0.2, 0) is 0 Å². The summed E-state index contributed by atoms with van der Waals surface area (Å²) in [7, 11) is 0. The maximum atomic E-state index is 13.9. The molecule has 1 aromatic heterocycles. The number of aromatic nitrogens is 3. The number of anilines is 2. The lowest BCUT2D eigenvalue weighted by Crippen LogP contribution is -2.16. The summed E-state index contributed by atoms with van der Waals surface area (Å²) in [5.41, 5.74) is 2.96. The predicted molar refractivity (Wildman–Crippen MR) is 127 cm³/mol. The number of nitrogens with one attached hydrogen (secondary N) is 3. The van der Waals surface area contributed by atoms with Gasteiger partial charge in [-0.3, -0.25) is 14.7 Å². The zero-order valence-electron chi connectivity index (χ0n) is 18.4. The van der Waals surface area contributed by atoms with Gasteiger partial charge in [-0.2, -0.15) is 5.10 Å². The molecule has 0 radical (unpaired) electrons. The normalized spacial score (nSPS) is 12.9. The average molecular weight is 455 g/mol. The van der Waals surface area contributed by atoms with Crippen LogP contribution in [0.25, 0.3) is 11.4 Å². The molecule has 0 atom stereocenters. The van der Waals surface area contributed by atoms with Gasteiger partial charge in [-0.15, -0.1) is 0 Å². The van der Waals surface area contributed by atoms with Gasteiger partial charge in [-0.1, -0.05) is 18.2 Å². The Morgan fingerprint density at radius 2 is 1.74 bits per heavy atom. The summed E-state index contributed by atoms with van der Waals surface area (Å²) in [4.78, 5) is 29.8. The van der Waals surface area contributed by atoms with Crippen molar-refractivity contribution in [3.8, 4) is 11.4 Å². The highest BCUT2D eigenvalue weighted by atomic mass is 19.1. The highest BCUT2D eigenvalue weighted by Gasteiger charge is 2.27. The van der Waals surface area contributed by atoms with Crippen molar-refractivity contribution in [2.24, 2.45) is 0 Å². The van der Waals surface area contributed by atoms with Crippen molar-refractivity contribution < 1.29 is 14.0 Å². The van der Waals surface area contributed by atoms with Crippen molar-refractivity contribution in [1.82, 2.24) is 15.2 Å². The standard InChI is InChI=1S/C26H22FN5O2/c1-15-6-7-18(14-22(15)29-26(34)20-4-2-3-5-21(20)27)25(33)28-19-12-10-17(11-13-19)24-30-23(31-32-24)16-8-9-16/h2-7,10-14,16H,8-9H2,1H3,(H,28,33)(H,29,34)(H,30,31,32). The van der Waals surface area contributed by atoms with E-state index in [1.54, 1.807) is 43.3 Å². The largest absolute Gasteiger partial charge is 0.322 e. The van der Waals surface area contributed by atoms with E-state index in [-0.39, 0.29) is 11.5 Å². The molecule has 0 saturated heterocycles. The number of hydrogen-bond donors (Lipinski definition) is 3. The van der Waals surface area contributed by atoms with Crippen LogP contribution in [0.5, 0.6) is 0 Å². The van der Waals surface area contributed by atoms with Gasteiger partial charge in [-0.25, -0.2) is 9.37 Å². The minimum absolute atomic E-state index is 0.0625. The first-order valence-electron chi connectivity index (χ1n) is 11.0. The molecule has 170 valence electrons. The molecule has 2 amide bonds. The Balaban J connectivity index is 1.28. The summed E-state index contributed by atoms with van der Waals surface area (Å²) in [6, 6.07) is 18.0. The topological polar surface area (TPSA) is 99.8 Å². The van der Waals surface area contributed by atoms with Gasteiger partial charge in [0.2, 0.25) is 0 Å². The molecule has 1 heterocycles. The second-order valence-corrected chi connectivity index (χ2v) is 8.31. The van der Waals surface area contributed by atoms with E-state index < -0.39 is 11.7 Å². The molecule has 8 heteroatoms. The van der Waals surface area contributed by atoms with E-state index in [2.05, 4.69) is 25.8 Å². The van der Waals surface area contributed by atoms with Crippen molar-refractivity contribution in [3.05, 3.63) is 95.1 Å². The Hall–Kier alpha value is -4.33. The number of rotatable bonds is 6. The number of H-pyrrole nitrogens is 1. The van der Waals surface area contributed by atoms with E-state index in [1.807, 2.05) is 12.1 Å². The first kappa shape index (κ1) is 21.5. The van der Waals surface area contributed by atoms with Gasteiger partial charge >= 0.3 is 0 Å². The van der Waals surface area contributed by atoms with Crippen LogP contribution in [0.4, 0.5) is 15.8 Å². The molecule has 3 aromatic carbocycles. The number of aromatic amines is 1. The molecule has 1 aliphatic rings. The quantitative estimate of drug-likeness (QED) is 0.367. The summed E-state index contributed by atoms with van der Waals surface area (Å²) in [5, 5.41) is 12.8. The highest BCUT2D eigenvalue weighted by Crippen LogP contribution is 2.38. The number of hydrogen-bond acceptors (Lipinski definition) is 4. The fraction of sp³-hybridized carbons (Fsp3) is 0.154. The summed E-state index contributed by atoms with van der Waals surface area (Å²) in [6.07, 6.45) is 2.29. The van der Waals surface area contributed by atoms with E-state index in [0.717, 1.165) is 29.8 Å². The van der Waals surface area contributed by atoms with Gasteiger partial charge in [0.05, 0.1) is 5.56 Å². The third kappa shape index (κ3) is 4.56. The number of carbonyl (C=O) groups excluding carboxylic acids is 2. The predicted octanol–water partition coefficient (Wildman–Crippen LogP) is 5.30. The van der Waals surface area contributed by atoms with Crippen LogP contribution in [-0.4, -0.2) is 27.0 Å². The third-order valence-electron chi connectivity index (χ3n) is 5.73. The van der Waals surface area contributed by atoms with E-state index in [0.29, 0.717) is 28.7 Å². The van der Waals surface area contributed by atoms with Crippen LogP contribution in [0, 0.1) is 12.7 Å². The molecule has 0 bridgehead atoms. The molecule has 7 nitrogen and oxygen atoms in total. The molecule has 0 unspecified atom stereocenters.